The third-order valence-corrected chi connectivity index (χ3v) is 8.04. The van der Waals surface area contributed by atoms with E-state index < -0.39 is 32.5 Å². The summed E-state index contributed by atoms with van der Waals surface area (Å²) in [5.41, 5.74) is 0. The molecule has 2 atom stereocenters. The van der Waals surface area contributed by atoms with E-state index in [1.165, 1.54) is 25.7 Å². The molecule has 0 aliphatic heterocycles. The van der Waals surface area contributed by atoms with Crippen LogP contribution in [-0.2, 0) is 28.2 Å². The molecule has 9 nitrogen and oxygen atoms in total. The minimum Gasteiger partial charge on any atom is -0.462 e. The highest BCUT2D eigenvalue weighted by molar-refractivity contribution is 7.46. The minimum atomic E-state index is -4.78. The number of carbonyl (C=O) groups excluding carboxylic acids is 2. The van der Waals surface area contributed by atoms with Gasteiger partial charge in [-0.1, -0.05) is 131 Å². The summed E-state index contributed by atoms with van der Waals surface area (Å²) in [7, 11) is -4.78. The number of phosphoric ester groups is 1. The van der Waals surface area contributed by atoms with Crippen molar-refractivity contribution in [3.8, 4) is 0 Å². The van der Waals surface area contributed by atoms with Gasteiger partial charge in [-0.05, 0) is 77.0 Å². The molecule has 10 heteroatoms. The smallest absolute Gasteiger partial charge is 0.462 e. The summed E-state index contributed by atoms with van der Waals surface area (Å²) < 4.78 is 26.2. The number of carbonyl (C=O) groups is 2. The van der Waals surface area contributed by atoms with Crippen LogP contribution in [0.15, 0.2) is 85.1 Å². The zero-order valence-corrected chi connectivity index (χ0v) is 32.2. The van der Waals surface area contributed by atoms with Crippen LogP contribution >= 0.6 is 7.82 Å². The zero-order chi connectivity index (χ0) is 37.7. The number of ether oxygens (including phenoxy) is 2. The maximum absolute atomic E-state index is 12.3. The highest BCUT2D eigenvalue weighted by Gasteiger charge is 2.22. The Morgan fingerprint density at radius 2 is 1.12 bits per heavy atom. The van der Waals surface area contributed by atoms with Crippen molar-refractivity contribution in [3.05, 3.63) is 85.1 Å². The van der Waals surface area contributed by atoms with Crippen molar-refractivity contribution in [2.24, 2.45) is 0 Å². The van der Waals surface area contributed by atoms with Gasteiger partial charge < -0.3 is 24.4 Å². The van der Waals surface area contributed by atoms with Gasteiger partial charge in [-0.3, -0.25) is 14.1 Å². The molecule has 0 aromatic rings. The SMILES string of the molecule is CCCCC/C=C\C/C=C\CCCCCCCC(=O)OC[C@H](COP(=O)(O)O)OC(=O)CCC/C=C\C/C=C\C/C=C\C/C=C\C=C\[C@H](O)CC. The van der Waals surface area contributed by atoms with E-state index in [4.69, 9.17) is 19.3 Å². The number of aliphatic hydroxyl groups is 1. The quantitative estimate of drug-likeness (QED) is 0.0198. The third-order valence-electron chi connectivity index (χ3n) is 7.56. The number of phosphoric acid groups is 1. The normalized spacial score (nSPS) is 14.1. The first-order chi connectivity index (χ1) is 24.7. The van der Waals surface area contributed by atoms with Crippen LogP contribution in [0.5, 0.6) is 0 Å². The number of hydrogen-bond acceptors (Lipinski definition) is 7. The Morgan fingerprint density at radius 1 is 0.608 bits per heavy atom. The lowest BCUT2D eigenvalue weighted by Gasteiger charge is -2.18. The first-order valence-electron chi connectivity index (χ1n) is 19.0. The van der Waals surface area contributed by atoms with Crippen LogP contribution in [0.25, 0.3) is 0 Å². The fraction of sp³-hybridized carbons (Fsp3) is 0.610. The lowest BCUT2D eigenvalue weighted by Crippen LogP contribution is -2.29. The molecule has 290 valence electrons. The average Bonchev–Trinajstić information content (AvgIpc) is 3.10. The lowest BCUT2D eigenvalue weighted by molar-refractivity contribution is -0.161. The van der Waals surface area contributed by atoms with Crippen molar-refractivity contribution in [1.82, 2.24) is 0 Å². The molecular weight excluding hydrogens is 667 g/mol. The first kappa shape index (κ1) is 48.2. The van der Waals surface area contributed by atoms with Crippen LogP contribution in [0, 0.1) is 0 Å². The number of rotatable bonds is 33. The van der Waals surface area contributed by atoms with Crippen LogP contribution < -0.4 is 0 Å². The van der Waals surface area contributed by atoms with Crippen LogP contribution in [0.3, 0.4) is 0 Å². The topological polar surface area (TPSA) is 140 Å². The molecule has 0 radical (unpaired) electrons. The van der Waals surface area contributed by atoms with Crippen LogP contribution in [-0.4, -0.2) is 52.3 Å². The number of allylic oxidation sites excluding steroid dienone is 13. The molecule has 0 fully saturated rings. The van der Waals surface area contributed by atoms with Gasteiger partial charge in [-0.25, -0.2) is 4.57 Å². The van der Waals surface area contributed by atoms with E-state index in [9.17, 15) is 19.3 Å². The second-order valence-corrected chi connectivity index (χ2v) is 13.6. The Bertz CT molecular complexity index is 1110. The zero-order valence-electron chi connectivity index (χ0n) is 31.3. The number of hydrogen-bond donors (Lipinski definition) is 3. The van der Waals surface area contributed by atoms with Crippen molar-refractivity contribution in [2.45, 2.75) is 148 Å². The van der Waals surface area contributed by atoms with Crippen molar-refractivity contribution < 1.29 is 43.0 Å². The Hall–Kier alpha value is -2.81. The van der Waals surface area contributed by atoms with E-state index in [1.54, 1.807) is 6.08 Å². The molecule has 0 bridgehead atoms. The molecule has 0 aliphatic carbocycles. The summed E-state index contributed by atoms with van der Waals surface area (Å²) in [4.78, 5) is 42.7. The monoisotopic (exact) mass is 734 g/mol. The molecule has 0 unspecified atom stereocenters. The molecular formula is C41H67O9P. The molecule has 0 aliphatic rings. The van der Waals surface area contributed by atoms with Crippen molar-refractivity contribution in [1.29, 1.82) is 0 Å². The molecule has 0 rings (SSSR count). The van der Waals surface area contributed by atoms with Crippen LogP contribution in [0.4, 0.5) is 0 Å². The van der Waals surface area contributed by atoms with Gasteiger partial charge in [0.05, 0.1) is 12.7 Å². The van der Waals surface area contributed by atoms with E-state index in [0.29, 0.717) is 25.7 Å². The molecule has 3 N–H and O–H groups in total. The highest BCUT2D eigenvalue weighted by atomic mass is 31.2. The van der Waals surface area contributed by atoms with Crippen molar-refractivity contribution >= 4 is 19.8 Å². The molecule has 0 spiro atoms. The molecule has 0 saturated carbocycles. The summed E-state index contributed by atoms with van der Waals surface area (Å²) in [6.07, 6.45) is 44.0. The van der Waals surface area contributed by atoms with Gasteiger partial charge in [0.2, 0.25) is 0 Å². The number of esters is 2. The predicted octanol–water partition coefficient (Wildman–Crippen LogP) is 10.3. The van der Waals surface area contributed by atoms with Gasteiger partial charge in [0.1, 0.15) is 6.61 Å². The molecule has 51 heavy (non-hydrogen) atoms. The van der Waals surface area contributed by atoms with Crippen LogP contribution in [0.2, 0.25) is 0 Å². The molecule has 0 heterocycles. The maximum atomic E-state index is 12.3. The Balaban J connectivity index is 4.14. The molecule has 0 saturated heterocycles. The molecule has 0 aromatic heterocycles. The van der Waals surface area contributed by atoms with Gasteiger partial charge in [0, 0.05) is 12.8 Å². The highest BCUT2D eigenvalue weighted by Crippen LogP contribution is 2.35. The molecule has 0 amide bonds. The van der Waals surface area contributed by atoms with E-state index in [0.717, 1.165) is 57.8 Å². The van der Waals surface area contributed by atoms with Gasteiger partial charge >= 0.3 is 19.8 Å². The largest absolute Gasteiger partial charge is 0.469 e. The number of unbranched alkanes of at least 4 members (excludes halogenated alkanes) is 9. The van der Waals surface area contributed by atoms with Gasteiger partial charge in [0.25, 0.3) is 0 Å². The number of aliphatic hydroxyl groups excluding tert-OH is 1. The maximum Gasteiger partial charge on any atom is 0.469 e. The Kier molecular flexibility index (Phi) is 33.6. The fourth-order valence-electron chi connectivity index (χ4n) is 4.56. The van der Waals surface area contributed by atoms with E-state index >= 15 is 0 Å². The lowest BCUT2D eigenvalue weighted by atomic mass is 10.1. The summed E-state index contributed by atoms with van der Waals surface area (Å²) in [6.45, 7) is 3.24. The molecule has 0 aromatic carbocycles. The summed E-state index contributed by atoms with van der Waals surface area (Å²) in [5, 5.41) is 9.44. The van der Waals surface area contributed by atoms with Crippen LogP contribution in [0.1, 0.15) is 136 Å². The predicted molar refractivity (Wildman–Crippen MR) is 208 cm³/mol. The van der Waals surface area contributed by atoms with E-state index in [1.807, 2.05) is 37.3 Å². The first-order valence-corrected chi connectivity index (χ1v) is 20.5. The average molecular weight is 735 g/mol. The van der Waals surface area contributed by atoms with E-state index in [-0.39, 0.29) is 25.6 Å². The van der Waals surface area contributed by atoms with Crippen molar-refractivity contribution in [2.75, 3.05) is 13.2 Å². The van der Waals surface area contributed by atoms with Gasteiger partial charge in [-0.2, -0.15) is 0 Å². The Labute approximate surface area is 308 Å². The minimum absolute atomic E-state index is 0.112. The summed E-state index contributed by atoms with van der Waals surface area (Å²) in [6, 6.07) is 0. The fourth-order valence-corrected chi connectivity index (χ4v) is 4.93. The van der Waals surface area contributed by atoms with Crippen molar-refractivity contribution in [3.63, 3.8) is 0 Å². The summed E-state index contributed by atoms with van der Waals surface area (Å²) >= 11 is 0. The van der Waals surface area contributed by atoms with E-state index in [2.05, 4.69) is 60.1 Å². The second-order valence-electron chi connectivity index (χ2n) is 12.4. The third kappa shape index (κ3) is 38.3. The second kappa shape index (κ2) is 35.6. The standard InChI is InChI=1S/C41H67O9P/c1-3-5-6-7-8-9-10-11-12-16-19-22-25-28-31-34-40(43)48-36-39(37-49-51(45,46)47)50-41(44)35-32-29-26-23-20-17-14-13-15-18-21-24-27-30-33-38(42)4-2/h8-9,11-12,14-15,17-18,23-24,26-27,30,33,38-39,42H,3-7,10,13,16,19-22,25,28-29,31-32,34-37H2,1-2H3,(H2,45,46,47)/b9-8-,12-11-,17-14-,18-15-,26-23-,27-24-,33-30+/t38-,39-/m1/s1. The Morgan fingerprint density at radius 3 is 1.71 bits per heavy atom. The van der Waals surface area contributed by atoms with Gasteiger partial charge in [0.15, 0.2) is 6.10 Å². The summed E-state index contributed by atoms with van der Waals surface area (Å²) in [5.74, 6) is -0.998. The van der Waals surface area contributed by atoms with Gasteiger partial charge in [-0.15, -0.1) is 0 Å².